The highest BCUT2D eigenvalue weighted by Crippen LogP contribution is 2.27. The van der Waals surface area contributed by atoms with Gasteiger partial charge in [0, 0.05) is 4.90 Å². The minimum Gasteiger partial charge on any atom is -0.344 e. The Morgan fingerprint density at radius 2 is 1.88 bits per heavy atom. The number of alkyl halides is 2. The number of nitrogens with one attached hydrogen (secondary N) is 1. The Hall–Kier alpha value is -1.27. The summed E-state index contributed by atoms with van der Waals surface area (Å²) in [6, 6.07) is 6.81. The molecule has 1 aromatic carbocycles. The predicted octanol–water partition coefficient (Wildman–Crippen LogP) is 4.12. The van der Waals surface area contributed by atoms with Crippen molar-refractivity contribution in [1.29, 1.82) is 0 Å². The van der Waals surface area contributed by atoms with Crippen molar-refractivity contribution in [2.45, 2.75) is 10.7 Å². The summed E-state index contributed by atoms with van der Waals surface area (Å²) in [7, 11) is 0. The van der Waals surface area contributed by atoms with E-state index in [4.69, 9.17) is 12.2 Å². The van der Waals surface area contributed by atoms with Gasteiger partial charge in [0.1, 0.15) is 4.64 Å². The SMILES string of the molecule is FC(F)Sc1ccc(-c2cncc(=S)[nH]2)cc1. The molecule has 0 radical (unpaired) electrons. The van der Waals surface area contributed by atoms with Crippen LogP contribution < -0.4 is 0 Å². The van der Waals surface area contributed by atoms with Gasteiger partial charge in [-0.25, -0.2) is 0 Å². The molecule has 0 spiro atoms. The molecule has 0 saturated heterocycles. The summed E-state index contributed by atoms with van der Waals surface area (Å²) in [5.41, 5.74) is 1.63. The van der Waals surface area contributed by atoms with Gasteiger partial charge in [-0.05, 0) is 17.7 Å². The van der Waals surface area contributed by atoms with Crippen molar-refractivity contribution in [2.75, 3.05) is 0 Å². The molecular weight excluding hydrogens is 262 g/mol. The van der Waals surface area contributed by atoms with Crippen LogP contribution in [0.3, 0.4) is 0 Å². The summed E-state index contributed by atoms with van der Waals surface area (Å²) < 4.78 is 24.8. The van der Waals surface area contributed by atoms with E-state index in [-0.39, 0.29) is 0 Å². The normalized spacial score (nSPS) is 10.8. The van der Waals surface area contributed by atoms with Crippen molar-refractivity contribution in [2.24, 2.45) is 0 Å². The van der Waals surface area contributed by atoms with E-state index in [1.165, 1.54) is 0 Å². The molecule has 0 atom stereocenters. The van der Waals surface area contributed by atoms with E-state index in [1.807, 2.05) is 0 Å². The summed E-state index contributed by atoms with van der Waals surface area (Å²) in [5, 5.41) is 0. The van der Waals surface area contributed by atoms with Crippen LogP contribution in [0.5, 0.6) is 0 Å². The highest BCUT2D eigenvalue weighted by atomic mass is 32.2. The van der Waals surface area contributed by atoms with Crippen LogP contribution in [0.25, 0.3) is 11.3 Å². The lowest BCUT2D eigenvalue weighted by molar-refractivity contribution is 0.252. The molecule has 88 valence electrons. The van der Waals surface area contributed by atoms with Crippen molar-refractivity contribution in [3.05, 3.63) is 41.3 Å². The van der Waals surface area contributed by atoms with Gasteiger partial charge in [0.2, 0.25) is 0 Å². The number of aromatic amines is 1. The number of aromatic nitrogens is 2. The molecule has 1 heterocycles. The highest BCUT2D eigenvalue weighted by Gasteiger charge is 2.05. The van der Waals surface area contributed by atoms with E-state index in [0.717, 1.165) is 11.3 Å². The number of hydrogen-bond acceptors (Lipinski definition) is 3. The molecule has 0 unspecified atom stereocenters. The average Bonchev–Trinajstić information content (AvgIpc) is 2.29. The largest absolute Gasteiger partial charge is 0.344 e. The van der Waals surface area contributed by atoms with E-state index < -0.39 is 5.76 Å². The lowest BCUT2D eigenvalue weighted by Crippen LogP contribution is -1.86. The van der Waals surface area contributed by atoms with E-state index in [1.54, 1.807) is 36.7 Å². The number of thioether (sulfide) groups is 1. The van der Waals surface area contributed by atoms with Gasteiger partial charge in [0.05, 0.1) is 18.1 Å². The zero-order chi connectivity index (χ0) is 12.3. The first kappa shape index (κ1) is 12.2. The Kier molecular flexibility index (Phi) is 3.86. The molecule has 2 rings (SSSR count). The second-order valence-electron chi connectivity index (χ2n) is 3.21. The summed E-state index contributed by atoms with van der Waals surface area (Å²) in [5.74, 6) is -2.40. The number of rotatable bonds is 3. The first-order chi connectivity index (χ1) is 8.15. The lowest BCUT2D eigenvalue weighted by atomic mass is 10.2. The first-order valence-electron chi connectivity index (χ1n) is 4.75. The summed E-state index contributed by atoms with van der Waals surface area (Å²) in [6.07, 6.45) is 3.19. The maximum absolute atomic E-state index is 12.1. The molecule has 0 amide bonds. The summed E-state index contributed by atoms with van der Waals surface area (Å²) in [4.78, 5) is 7.49. The number of nitrogens with zero attached hydrogens (tertiary/aromatic N) is 1. The maximum atomic E-state index is 12.1. The van der Waals surface area contributed by atoms with Crippen LogP contribution >= 0.6 is 24.0 Å². The third-order valence-corrected chi connectivity index (χ3v) is 2.97. The van der Waals surface area contributed by atoms with E-state index in [9.17, 15) is 8.78 Å². The Morgan fingerprint density at radius 1 is 1.18 bits per heavy atom. The van der Waals surface area contributed by atoms with E-state index >= 15 is 0 Å². The zero-order valence-corrected chi connectivity index (χ0v) is 10.2. The molecule has 1 N–H and O–H groups in total. The molecule has 2 aromatic rings. The Bertz CT molecular complexity index is 552. The molecular formula is C11H8F2N2S2. The minimum absolute atomic E-state index is 0.526. The quantitative estimate of drug-likeness (QED) is 0.672. The fraction of sp³-hybridized carbons (Fsp3) is 0.0909. The van der Waals surface area contributed by atoms with E-state index in [2.05, 4.69) is 9.97 Å². The molecule has 0 aliphatic heterocycles. The Labute approximate surface area is 106 Å². The molecule has 2 nitrogen and oxygen atoms in total. The maximum Gasteiger partial charge on any atom is 0.288 e. The van der Waals surface area contributed by atoms with Crippen LogP contribution in [0.1, 0.15) is 0 Å². The number of halogens is 2. The molecule has 6 heteroatoms. The molecule has 0 saturated carbocycles. The van der Waals surface area contributed by atoms with Crippen LogP contribution in [-0.2, 0) is 0 Å². The van der Waals surface area contributed by atoms with Gasteiger partial charge in [-0.15, -0.1) is 0 Å². The Morgan fingerprint density at radius 3 is 2.47 bits per heavy atom. The van der Waals surface area contributed by atoms with Gasteiger partial charge >= 0.3 is 0 Å². The third-order valence-electron chi connectivity index (χ3n) is 2.04. The zero-order valence-electron chi connectivity index (χ0n) is 8.56. The van der Waals surface area contributed by atoms with Crippen LogP contribution in [0.4, 0.5) is 8.78 Å². The first-order valence-corrected chi connectivity index (χ1v) is 6.03. The number of H-pyrrole nitrogens is 1. The van der Waals surface area contributed by atoms with Gasteiger partial charge in [-0.2, -0.15) is 8.78 Å². The molecule has 1 aromatic heterocycles. The highest BCUT2D eigenvalue weighted by molar-refractivity contribution is 7.99. The smallest absolute Gasteiger partial charge is 0.288 e. The monoisotopic (exact) mass is 270 g/mol. The van der Waals surface area contributed by atoms with Gasteiger partial charge in [0.25, 0.3) is 5.76 Å². The molecule has 0 aliphatic carbocycles. The number of hydrogen-bond donors (Lipinski definition) is 1. The Balaban J connectivity index is 2.26. The molecule has 0 fully saturated rings. The summed E-state index contributed by atoms with van der Waals surface area (Å²) >= 11 is 5.49. The van der Waals surface area contributed by atoms with Crippen molar-refractivity contribution < 1.29 is 8.78 Å². The second-order valence-corrected chi connectivity index (χ2v) is 4.72. The third kappa shape index (κ3) is 3.34. The van der Waals surface area contributed by atoms with E-state index in [0.29, 0.717) is 21.3 Å². The standard InChI is InChI=1S/C11H8F2N2S2/c12-11(13)17-8-3-1-7(2-4-8)9-5-14-6-10(16)15-9/h1-6,11H,(H,15,16). The van der Waals surface area contributed by atoms with Crippen molar-refractivity contribution in [1.82, 2.24) is 9.97 Å². The molecule has 0 aliphatic rings. The molecule has 17 heavy (non-hydrogen) atoms. The van der Waals surface area contributed by atoms with Gasteiger partial charge < -0.3 is 4.98 Å². The average molecular weight is 270 g/mol. The van der Waals surface area contributed by atoms with Crippen LogP contribution in [0.2, 0.25) is 0 Å². The second kappa shape index (κ2) is 5.37. The fourth-order valence-electron chi connectivity index (χ4n) is 1.34. The van der Waals surface area contributed by atoms with Gasteiger partial charge in [-0.1, -0.05) is 36.1 Å². The predicted molar refractivity (Wildman–Crippen MR) is 66.7 cm³/mol. The fourth-order valence-corrected chi connectivity index (χ4v) is 2.01. The van der Waals surface area contributed by atoms with Crippen LogP contribution in [0.15, 0.2) is 41.6 Å². The van der Waals surface area contributed by atoms with Crippen molar-refractivity contribution >= 4 is 24.0 Å². The van der Waals surface area contributed by atoms with Gasteiger partial charge in [0.15, 0.2) is 0 Å². The lowest BCUT2D eigenvalue weighted by Gasteiger charge is -2.03. The molecule has 0 bridgehead atoms. The topological polar surface area (TPSA) is 28.7 Å². The minimum atomic E-state index is -2.40. The van der Waals surface area contributed by atoms with Crippen LogP contribution in [-0.4, -0.2) is 15.7 Å². The van der Waals surface area contributed by atoms with Crippen molar-refractivity contribution in [3.8, 4) is 11.3 Å². The van der Waals surface area contributed by atoms with Crippen LogP contribution in [0, 0.1) is 4.64 Å². The number of benzene rings is 1. The van der Waals surface area contributed by atoms with Crippen molar-refractivity contribution in [3.63, 3.8) is 0 Å². The summed E-state index contributed by atoms with van der Waals surface area (Å²) in [6.45, 7) is 0. The van der Waals surface area contributed by atoms with Gasteiger partial charge in [-0.3, -0.25) is 4.98 Å².